The Bertz CT molecular complexity index is 620. The van der Waals surface area contributed by atoms with E-state index in [2.05, 4.69) is 20.3 Å². The molecule has 0 fully saturated rings. The van der Waals surface area contributed by atoms with Crippen molar-refractivity contribution < 1.29 is 9.90 Å². The highest BCUT2D eigenvalue weighted by atomic mass is 16.4. The molecule has 0 amide bonds. The van der Waals surface area contributed by atoms with Gasteiger partial charge < -0.3 is 10.4 Å². The number of nitrogens with one attached hydrogen (secondary N) is 1. The van der Waals surface area contributed by atoms with Crippen LogP contribution in [0, 0.1) is 20.8 Å². The van der Waals surface area contributed by atoms with Gasteiger partial charge in [0.1, 0.15) is 17.2 Å². The molecule has 2 N–H and O–H groups in total. The number of hydrogen-bond acceptors (Lipinski definition) is 5. The first kappa shape index (κ1) is 12.9. The van der Waals surface area contributed by atoms with Crippen LogP contribution in [0.5, 0.6) is 0 Å². The monoisotopic (exact) mass is 258 g/mol. The second-order valence-corrected chi connectivity index (χ2v) is 4.20. The number of rotatable bonds is 3. The van der Waals surface area contributed by atoms with Crippen molar-refractivity contribution >= 4 is 17.5 Å². The average molecular weight is 258 g/mol. The first-order valence-electron chi connectivity index (χ1n) is 5.75. The molecule has 2 rings (SSSR count). The molecule has 0 saturated carbocycles. The topological polar surface area (TPSA) is 88.0 Å². The van der Waals surface area contributed by atoms with E-state index in [-0.39, 0.29) is 11.4 Å². The molecular weight excluding hydrogens is 244 g/mol. The van der Waals surface area contributed by atoms with Gasteiger partial charge in [0.05, 0.1) is 11.4 Å². The standard InChI is InChI=1S/C13H14N4O2/c1-7-4-5-14-8(2)11(7)17-12-10(13(18)19)6-15-9(3)16-12/h4-6H,1-3H3,(H,18,19)(H,15,16,17). The maximum Gasteiger partial charge on any atom is 0.341 e. The van der Waals surface area contributed by atoms with E-state index in [4.69, 9.17) is 5.11 Å². The fourth-order valence-corrected chi connectivity index (χ4v) is 1.72. The van der Waals surface area contributed by atoms with Crippen LogP contribution in [0.3, 0.4) is 0 Å². The lowest BCUT2D eigenvalue weighted by molar-refractivity contribution is 0.0697. The van der Waals surface area contributed by atoms with Crippen LogP contribution < -0.4 is 5.32 Å². The molecule has 19 heavy (non-hydrogen) atoms. The van der Waals surface area contributed by atoms with E-state index >= 15 is 0 Å². The van der Waals surface area contributed by atoms with Crippen LogP contribution in [-0.2, 0) is 0 Å². The number of pyridine rings is 1. The smallest absolute Gasteiger partial charge is 0.341 e. The van der Waals surface area contributed by atoms with E-state index in [0.29, 0.717) is 5.82 Å². The van der Waals surface area contributed by atoms with E-state index in [0.717, 1.165) is 16.9 Å². The summed E-state index contributed by atoms with van der Waals surface area (Å²) >= 11 is 0. The molecule has 2 heterocycles. The van der Waals surface area contributed by atoms with Gasteiger partial charge in [0.15, 0.2) is 0 Å². The Balaban J connectivity index is 2.49. The second-order valence-electron chi connectivity index (χ2n) is 4.20. The zero-order valence-electron chi connectivity index (χ0n) is 10.9. The summed E-state index contributed by atoms with van der Waals surface area (Å²) in [6, 6.07) is 1.85. The molecule has 0 aliphatic heterocycles. The van der Waals surface area contributed by atoms with Crippen molar-refractivity contribution in [3.05, 3.63) is 41.1 Å². The normalized spacial score (nSPS) is 10.3. The first-order valence-corrected chi connectivity index (χ1v) is 5.75. The van der Waals surface area contributed by atoms with Gasteiger partial charge in [-0.3, -0.25) is 4.98 Å². The lowest BCUT2D eigenvalue weighted by Crippen LogP contribution is -2.09. The van der Waals surface area contributed by atoms with Gasteiger partial charge in [0.25, 0.3) is 0 Å². The highest BCUT2D eigenvalue weighted by Gasteiger charge is 2.14. The number of hydrogen-bond donors (Lipinski definition) is 2. The fraction of sp³-hybridized carbons (Fsp3) is 0.231. The van der Waals surface area contributed by atoms with E-state index in [1.807, 2.05) is 19.9 Å². The number of aryl methyl sites for hydroxylation is 3. The van der Waals surface area contributed by atoms with Gasteiger partial charge in [-0.05, 0) is 32.4 Å². The number of anilines is 2. The molecule has 0 saturated heterocycles. The van der Waals surface area contributed by atoms with Crippen LogP contribution in [0.1, 0.15) is 27.4 Å². The molecule has 0 bridgehead atoms. The van der Waals surface area contributed by atoms with Crippen molar-refractivity contribution in [2.24, 2.45) is 0 Å². The largest absolute Gasteiger partial charge is 0.477 e. The predicted octanol–water partition coefficient (Wildman–Crippen LogP) is 2.24. The zero-order valence-corrected chi connectivity index (χ0v) is 10.9. The summed E-state index contributed by atoms with van der Waals surface area (Å²) in [6.07, 6.45) is 3.01. The average Bonchev–Trinajstić information content (AvgIpc) is 2.33. The summed E-state index contributed by atoms with van der Waals surface area (Å²) in [5.74, 6) is -0.285. The molecule has 0 aliphatic carbocycles. The molecule has 0 radical (unpaired) electrons. The fourth-order valence-electron chi connectivity index (χ4n) is 1.72. The highest BCUT2D eigenvalue weighted by molar-refractivity contribution is 5.93. The summed E-state index contributed by atoms with van der Waals surface area (Å²) in [7, 11) is 0. The third-order valence-corrected chi connectivity index (χ3v) is 2.73. The maximum atomic E-state index is 11.2. The van der Waals surface area contributed by atoms with E-state index in [1.54, 1.807) is 13.1 Å². The zero-order chi connectivity index (χ0) is 14.0. The minimum absolute atomic E-state index is 0.0354. The number of aromatic nitrogens is 3. The van der Waals surface area contributed by atoms with Crippen molar-refractivity contribution in [3.8, 4) is 0 Å². The van der Waals surface area contributed by atoms with Crippen LogP contribution in [0.4, 0.5) is 11.5 Å². The Labute approximate surface area is 110 Å². The molecule has 0 spiro atoms. The Hall–Kier alpha value is -2.50. The molecule has 98 valence electrons. The van der Waals surface area contributed by atoms with Crippen molar-refractivity contribution in [1.82, 2.24) is 15.0 Å². The summed E-state index contributed by atoms with van der Waals surface area (Å²) in [5.41, 5.74) is 2.56. The number of nitrogens with zero attached hydrogens (tertiary/aromatic N) is 3. The van der Waals surface area contributed by atoms with Crippen molar-refractivity contribution in [1.29, 1.82) is 0 Å². The molecule has 6 heteroatoms. The van der Waals surface area contributed by atoms with Gasteiger partial charge in [-0.15, -0.1) is 0 Å². The van der Waals surface area contributed by atoms with Gasteiger partial charge in [0.2, 0.25) is 0 Å². The summed E-state index contributed by atoms with van der Waals surface area (Å²) < 4.78 is 0. The lowest BCUT2D eigenvalue weighted by atomic mass is 10.2. The Morgan fingerprint density at radius 1 is 1.26 bits per heavy atom. The van der Waals surface area contributed by atoms with E-state index < -0.39 is 5.97 Å². The number of aromatic carboxylic acids is 1. The lowest BCUT2D eigenvalue weighted by Gasteiger charge is -2.13. The van der Waals surface area contributed by atoms with Crippen molar-refractivity contribution in [2.75, 3.05) is 5.32 Å². The molecule has 0 aromatic carbocycles. The maximum absolute atomic E-state index is 11.2. The van der Waals surface area contributed by atoms with Crippen LogP contribution in [0.15, 0.2) is 18.5 Å². The van der Waals surface area contributed by atoms with Crippen LogP contribution in [0.2, 0.25) is 0 Å². The number of carboxylic acid groups (broad SMARTS) is 1. The second kappa shape index (κ2) is 5.01. The molecular formula is C13H14N4O2. The van der Waals surface area contributed by atoms with E-state index in [9.17, 15) is 4.79 Å². The quantitative estimate of drug-likeness (QED) is 0.877. The van der Waals surface area contributed by atoms with Crippen LogP contribution >= 0.6 is 0 Å². The third-order valence-electron chi connectivity index (χ3n) is 2.73. The van der Waals surface area contributed by atoms with Gasteiger partial charge in [0, 0.05) is 12.4 Å². The SMILES string of the molecule is Cc1ncc(C(=O)O)c(Nc2c(C)ccnc2C)n1. The molecule has 0 aliphatic rings. The minimum Gasteiger partial charge on any atom is -0.477 e. The summed E-state index contributed by atoms with van der Waals surface area (Å²) in [4.78, 5) is 23.4. The van der Waals surface area contributed by atoms with Crippen LogP contribution in [-0.4, -0.2) is 26.0 Å². The first-order chi connectivity index (χ1) is 8.99. The predicted molar refractivity (Wildman–Crippen MR) is 70.7 cm³/mol. The third kappa shape index (κ3) is 2.67. The van der Waals surface area contributed by atoms with Crippen molar-refractivity contribution in [2.45, 2.75) is 20.8 Å². The molecule has 2 aromatic heterocycles. The number of carbonyl (C=O) groups is 1. The van der Waals surface area contributed by atoms with Gasteiger partial charge in [-0.2, -0.15) is 0 Å². The number of carboxylic acids is 1. The van der Waals surface area contributed by atoms with Gasteiger partial charge >= 0.3 is 5.97 Å². The molecule has 0 unspecified atom stereocenters. The summed E-state index contributed by atoms with van der Waals surface area (Å²) in [5, 5.41) is 12.2. The van der Waals surface area contributed by atoms with Crippen molar-refractivity contribution in [3.63, 3.8) is 0 Å². The summed E-state index contributed by atoms with van der Waals surface area (Å²) in [6.45, 7) is 5.48. The van der Waals surface area contributed by atoms with E-state index in [1.165, 1.54) is 6.20 Å². The van der Waals surface area contributed by atoms with Gasteiger partial charge in [-0.25, -0.2) is 14.8 Å². The Morgan fingerprint density at radius 2 is 2.00 bits per heavy atom. The van der Waals surface area contributed by atoms with Gasteiger partial charge in [-0.1, -0.05) is 0 Å². The minimum atomic E-state index is -1.07. The molecule has 0 atom stereocenters. The molecule has 2 aromatic rings. The Morgan fingerprint density at radius 3 is 2.63 bits per heavy atom. The Kier molecular flexibility index (Phi) is 3.41. The highest BCUT2D eigenvalue weighted by Crippen LogP contribution is 2.23. The molecule has 6 nitrogen and oxygen atoms in total. The van der Waals surface area contributed by atoms with Crippen LogP contribution in [0.25, 0.3) is 0 Å².